The summed E-state index contributed by atoms with van der Waals surface area (Å²) in [6.45, 7) is 0. The van der Waals surface area contributed by atoms with Gasteiger partial charge in [0.15, 0.2) is 5.65 Å². The van der Waals surface area contributed by atoms with Crippen molar-refractivity contribution in [2.45, 2.75) is 47.6 Å². The Hall–Kier alpha value is -2.95. The molecule has 10 heteroatoms. The highest BCUT2D eigenvalue weighted by Crippen LogP contribution is 2.28. The minimum atomic E-state index is -3.57. The molecule has 2 heterocycles. The normalized spacial score (nSPS) is 18.6. The molecule has 0 bridgehead atoms. The predicted octanol–water partition coefficient (Wildman–Crippen LogP) is 4.75. The van der Waals surface area contributed by atoms with Crippen LogP contribution in [0.1, 0.15) is 25.7 Å². The number of fused-ring (bicyclic) bond motifs is 1. The third kappa shape index (κ3) is 4.66. The quantitative estimate of drug-likeness (QED) is 0.323. The highest BCUT2D eigenvalue weighted by Gasteiger charge is 2.20. The number of sulfone groups is 1. The van der Waals surface area contributed by atoms with E-state index in [0.717, 1.165) is 41.7 Å². The van der Waals surface area contributed by atoms with Crippen molar-refractivity contribution in [3.05, 3.63) is 71.3 Å². The molecule has 0 aliphatic heterocycles. The highest BCUT2D eigenvalue weighted by atomic mass is 79.9. The average Bonchev–Trinajstić information content (AvgIpc) is 3.22. The molecular weight excluding hydrogens is 516 g/mol. The van der Waals surface area contributed by atoms with Gasteiger partial charge in [-0.2, -0.15) is 9.61 Å². The lowest BCUT2D eigenvalue weighted by Crippen LogP contribution is -2.33. The third-order valence-electron chi connectivity index (χ3n) is 6.04. The molecule has 4 aromatic rings. The maximum absolute atomic E-state index is 12.9. The molecule has 2 aromatic heterocycles. The van der Waals surface area contributed by atoms with E-state index in [0.29, 0.717) is 17.5 Å². The van der Waals surface area contributed by atoms with E-state index in [1.807, 2.05) is 6.07 Å². The van der Waals surface area contributed by atoms with Crippen molar-refractivity contribution in [3.8, 4) is 0 Å². The van der Waals surface area contributed by atoms with Crippen LogP contribution < -0.4 is 16.4 Å². The standard InChI is InChI=1S/C24H25BrN6O2S/c25-21-15-27-31-23(14-22(30-24(21)31)28-17-8-6-16(26)7-9-17)29-18-10-12-20(13-11-18)34(32,33)19-4-2-1-3-5-19/h1-5,10-17,29H,6-9,26H2,(H,28,30)/t16-,17-. The lowest BCUT2D eigenvalue weighted by atomic mass is 9.92. The summed E-state index contributed by atoms with van der Waals surface area (Å²) in [6, 6.07) is 17.6. The monoisotopic (exact) mass is 540 g/mol. The van der Waals surface area contributed by atoms with Crippen molar-refractivity contribution in [2.75, 3.05) is 10.6 Å². The summed E-state index contributed by atoms with van der Waals surface area (Å²) in [5, 5.41) is 11.3. The van der Waals surface area contributed by atoms with Crippen molar-refractivity contribution in [2.24, 2.45) is 5.73 Å². The van der Waals surface area contributed by atoms with Gasteiger partial charge in [-0.1, -0.05) is 18.2 Å². The summed E-state index contributed by atoms with van der Waals surface area (Å²) in [7, 11) is -3.57. The van der Waals surface area contributed by atoms with Crippen LogP contribution in [0.4, 0.5) is 17.3 Å². The molecule has 1 aliphatic carbocycles. The number of halogens is 1. The molecule has 1 aliphatic rings. The molecule has 8 nitrogen and oxygen atoms in total. The van der Waals surface area contributed by atoms with Crippen LogP contribution in [0.3, 0.4) is 0 Å². The van der Waals surface area contributed by atoms with Crippen LogP contribution >= 0.6 is 15.9 Å². The van der Waals surface area contributed by atoms with Gasteiger partial charge in [-0.25, -0.2) is 13.4 Å². The van der Waals surface area contributed by atoms with E-state index in [4.69, 9.17) is 10.7 Å². The molecule has 0 atom stereocenters. The van der Waals surface area contributed by atoms with Gasteiger partial charge in [0.25, 0.3) is 0 Å². The number of hydrogen-bond acceptors (Lipinski definition) is 7. The first-order valence-electron chi connectivity index (χ1n) is 11.1. The first-order valence-corrected chi connectivity index (χ1v) is 13.4. The molecule has 5 rings (SSSR count). The van der Waals surface area contributed by atoms with Gasteiger partial charge in [0, 0.05) is 23.8 Å². The van der Waals surface area contributed by atoms with Crippen LogP contribution in [0, 0.1) is 0 Å². The van der Waals surface area contributed by atoms with Crippen LogP contribution in [0.25, 0.3) is 5.65 Å². The molecule has 176 valence electrons. The minimum Gasteiger partial charge on any atom is -0.367 e. The minimum absolute atomic E-state index is 0.240. The van der Waals surface area contributed by atoms with Crippen LogP contribution in [-0.4, -0.2) is 35.1 Å². The Morgan fingerprint density at radius 1 is 0.971 bits per heavy atom. The SMILES string of the molecule is N[C@H]1CC[C@H](Nc2cc(Nc3ccc(S(=O)(=O)c4ccccc4)cc3)n3ncc(Br)c3n2)CC1. The number of benzene rings is 2. The van der Waals surface area contributed by atoms with Gasteiger partial charge >= 0.3 is 0 Å². The largest absolute Gasteiger partial charge is 0.367 e. The van der Waals surface area contributed by atoms with Gasteiger partial charge in [0.05, 0.1) is 20.5 Å². The molecule has 0 spiro atoms. The maximum atomic E-state index is 12.9. The fourth-order valence-electron chi connectivity index (χ4n) is 4.17. The van der Waals surface area contributed by atoms with Gasteiger partial charge < -0.3 is 16.4 Å². The van der Waals surface area contributed by atoms with Crippen LogP contribution in [0.2, 0.25) is 0 Å². The summed E-state index contributed by atoms with van der Waals surface area (Å²) < 4.78 is 28.2. The summed E-state index contributed by atoms with van der Waals surface area (Å²) in [5.41, 5.74) is 7.46. The number of nitrogens with two attached hydrogens (primary N) is 1. The number of aromatic nitrogens is 3. The molecule has 4 N–H and O–H groups in total. The van der Waals surface area contributed by atoms with Gasteiger partial charge in [0.2, 0.25) is 9.84 Å². The molecule has 1 saturated carbocycles. The van der Waals surface area contributed by atoms with E-state index in [2.05, 4.69) is 31.7 Å². The van der Waals surface area contributed by atoms with Crippen molar-refractivity contribution in [3.63, 3.8) is 0 Å². The Labute approximate surface area is 206 Å². The zero-order valence-electron chi connectivity index (χ0n) is 18.4. The predicted molar refractivity (Wildman–Crippen MR) is 136 cm³/mol. The van der Waals surface area contributed by atoms with E-state index >= 15 is 0 Å². The maximum Gasteiger partial charge on any atom is 0.206 e. The third-order valence-corrected chi connectivity index (χ3v) is 8.39. The molecular formula is C24H25BrN6O2S. The molecule has 0 radical (unpaired) electrons. The van der Waals surface area contributed by atoms with Crippen molar-refractivity contribution >= 4 is 48.7 Å². The topological polar surface area (TPSA) is 114 Å². The second-order valence-electron chi connectivity index (χ2n) is 8.48. The zero-order chi connectivity index (χ0) is 23.7. The number of rotatable bonds is 6. The van der Waals surface area contributed by atoms with Gasteiger partial charge in [-0.05, 0) is 78.0 Å². The van der Waals surface area contributed by atoms with Crippen LogP contribution in [-0.2, 0) is 9.84 Å². The Bertz CT molecular complexity index is 1400. The van der Waals surface area contributed by atoms with Crippen LogP contribution in [0.5, 0.6) is 0 Å². The number of anilines is 3. The van der Waals surface area contributed by atoms with Crippen molar-refractivity contribution < 1.29 is 8.42 Å². The van der Waals surface area contributed by atoms with Crippen molar-refractivity contribution in [1.29, 1.82) is 0 Å². The lowest BCUT2D eigenvalue weighted by Gasteiger charge is -2.27. The zero-order valence-corrected chi connectivity index (χ0v) is 20.8. The summed E-state index contributed by atoms with van der Waals surface area (Å²) in [6.07, 6.45) is 5.72. The van der Waals surface area contributed by atoms with Crippen LogP contribution in [0.15, 0.2) is 81.1 Å². The second kappa shape index (κ2) is 9.36. The summed E-state index contributed by atoms with van der Waals surface area (Å²) in [5.74, 6) is 1.46. The first kappa shape index (κ1) is 22.8. The molecule has 2 aromatic carbocycles. The van der Waals surface area contributed by atoms with E-state index in [1.54, 1.807) is 65.3 Å². The first-order chi connectivity index (χ1) is 16.4. The van der Waals surface area contributed by atoms with E-state index in [1.165, 1.54) is 0 Å². The lowest BCUT2D eigenvalue weighted by molar-refractivity contribution is 0.410. The summed E-state index contributed by atoms with van der Waals surface area (Å²) >= 11 is 3.52. The Kier molecular flexibility index (Phi) is 6.28. The van der Waals surface area contributed by atoms with Crippen molar-refractivity contribution in [1.82, 2.24) is 14.6 Å². The highest BCUT2D eigenvalue weighted by molar-refractivity contribution is 9.10. The fraction of sp³-hybridized carbons (Fsp3) is 0.250. The molecule has 0 saturated heterocycles. The Morgan fingerprint density at radius 3 is 2.35 bits per heavy atom. The molecule has 0 amide bonds. The average molecular weight is 541 g/mol. The van der Waals surface area contributed by atoms with E-state index in [-0.39, 0.29) is 15.8 Å². The van der Waals surface area contributed by atoms with E-state index in [9.17, 15) is 8.42 Å². The second-order valence-corrected chi connectivity index (χ2v) is 11.3. The Morgan fingerprint density at radius 2 is 1.65 bits per heavy atom. The molecule has 1 fully saturated rings. The van der Waals surface area contributed by atoms with Gasteiger partial charge in [0.1, 0.15) is 11.6 Å². The summed E-state index contributed by atoms with van der Waals surface area (Å²) in [4.78, 5) is 5.23. The van der Waals surface area contributed by atoms with Gasteiger partial charge in [-0.3, -0.25) is 0 Å². The van der Waals surface area contributed by atoms with Gasteiger partial charge in [-0.15, -0.1) is 0 Å². The smallest absolute Gasteiger partial charge is 0.206 e. The number of hydrogen-bond donors (Lipinski definition) is 3. The Balaban J connectivity index is 1.41. The molecule has 34 heavy (non-hydrogen) atoms. The number of nitrogens with one attached hydrogen (secondary N) is 2. The van der Waals surface area contributed by atoms with E-state index < -0.39 is 9.84 Å². The fourth-order valence-corrected chi connectivity index (χ4v) is 5.80. The number of nitrogens with zero attached hydrogens (tertiary/aromatic N) is 3. The molecule has 0 unspecified atom stereocenters.